The number of carboxylic acids is 1. The Hall–Kier alpha value is -3.97. The highest BCUT2D eigenvalue weighted by Gasteiger charge is 2.23. The number of nitrogens with zero attached hydrogens (tertiary/aromatic N) is 4. The van der Waals surface area contributed by atoms with Gasteiger partial charge in [0.2, 0.25) is 0 Å². The summed E-state index contributed by atoms with van der Waals surface area (Å²) in [6.45, 7) is 2.77. The number of hydrogen-bond acceptors (Lipinski definition) is 5. The van der Waals surface area contributed by atoms with E-state index in [9.17, 15) is 9.59 Å². The Kier molecular flexibility index (Phi) is 7.84. The van der Waals surface area contributed by atoms with Gasteiger partial charge in [0.1, 0.15) is 0 Å². The molecule has 0 saturated carbocycles. The number of aromatic nitrogens is 2. The lowest BCUT2D eigenvalue weighted by Gasteiger charge is -2.36. The van der Waals surface area contributed by atoms with Gasteiger partial charge in [-0.05, 0) is 61.7 Å². The molecular formula is C30H29ClN4O3. The van der Waals surface area contributed by atoms with E-state index in [4.69, 9.17) is 26.7 Å². The lowest BCUT2D eigenvalue weighted by Crippen LogP contribution is -2.48. The molecule has 194 valence electrons. The quantitative estimate of drug-likeness (QED) is 0.295. The molecule has 8 heteroatoms. The molecule has 0 spiro atoms. The fourth-order valence-electron chi connectivity index (χ4n) is 4.80. The molecule has 38 heavy (non-hydrogen) atoms. The number of carbonyl (C=O) groups is 2. The van der Waals surface area contributed by atoms with Crippen LogP contribution in [0, 0.1) is 0 Å². The predicted molar refractivity (Wildman–Crippen MR) is 150 cm³/mol. The van der Waals surface area contributed by atoms with Crippen molar-refractivity contribution >= 4 is 40.2 Å². The van der Waals surface area contributed by atoms with E-state index >= 15 is 0 Å². The van der Waals surface area contributed by atoms with Crippen LogP contribution in [0.3, 0.4) is 0 Å². The number of hydrogen-bond donors (Lipinski definition) is 1. The molecule has 7 nitrogen and oxygen atoms in total. The van der Waals surface area contributed by atoms with Crippen LogP contribution in [0.1, 0.15) is 35.3 Å². The molecule has 1 amide bonds. The number of unbranched alkanes of at least 4 members (excludes halogenated alkanes) is 1. The summed E-state index contributed by atoms with van der Waals surface area (Å²) in [4.78, 5) is 38.3. The second-order valence-corrected chi connectivity index (χ2v) is 9.88. The topological polar surface area (TPSA) is 86.6 Å². The summed E-state index contributed by atoms with van der Waals surface area (Å²) >= 11 is 6.01. The van der Waals surface area contributed by atoms with Gasteiger partial charge in [-0.1, -0.05) is 41.9 Å². The van der Waals surface area contributed by atoms with E-state index in [0.29, 0.717) is 48.5 Å². The Morgan fingerprint density at radius 1 is 0.842 bits per heavy atom. The zero-order valence-electron chi connectivity index (χ0n) is 21.0. The van der Waals surface area contributed by atoms with Crippen LogP contribution in [0.4, 0.5) is 5.69 Å². The van der Waals surface area contributed by atoms with Crippen LogP contribution in [-0.2, 0) is 11.2 Å². The van der Waals surface area contributed by atoms with Gasteiger partial charge >= 0.3 is 5.97 Å². The third-order valence-electron chi connectivity index (χ3n) is 6.84. The van der Waals surface area contributed by atoms with Gasteiger partial charge in [-0.2, -0.15) is 0 Å². The fourth-order valence-corrected chi connectivity index (χ4v) is 4.92. The van der Waals surface area contributed by atoms with Gasteiger partial charge < -0.3 is 14.9 Å². The molecule has 3 aromatic carbocycles. The smallest absolute Gasteiger partial charge is 0.303 e. The maximum atomic E-state index is 13.4. The summed E-state index contributed by atoms with van der Waals surface area (Å²) in [6, 6.07) is 23.2. The van der Waals surface area contributed by atoms with Gasteiger partial charge in [0.05, 0.1) is 22.4 Å². The monoisotopic (exact) mass is 528 g/mol. The number of fused-ring (bicyclic) bond motifs is 1. The standard InChI is InChI=1S/C30H29ClN4O3/c31-23-11-13-24(14-12-23)34-16-18-35(19-17-34)30(38)22-10-15-25-27(20-22)32-26(8-4-5-9-28(36)37)29(33-25)21-6-2-1-3-7-21/h1-3,6-7,10-15,20H,4-5,8-9,16-19H2,(H,36,37). The van der Waals surface area contributed by atoms with Crippen LogP contribution in [-0.4, -0.2) is 58.0 Å². The molecule has 1 aromatic heterocycles. The Labute approximate surface area is 226 Å². The summed E-state index contributed by atoms with van der Waals surface area (Å²) in [5, 5.41) is 9.70. The minimum absolute atomic E-state index is 0.0143. The van der Waals surface area contributed by atoms with Crippen molar-refractivity contribution in [1.29, 1.82) is 0 Å². The Morgan fingerprint density at radius 2 is 1.58 bits per heavy atom. The number of carbonyl (C=O) groups excluding carboxylic acids is 1. The van der Waals surface area contributed by atoms with Crippen LogP contribution in [0.2, 0.25) is 5.02 Å². The summed E-state index contributed by atoms with van der Waals surface area (Å²) < 4.78 is 0. The Bertz CT molecular complexity index is 1440. The maximum absolute atomic E-state index is 13.4. The van der Waals surface area contributed by atoms with E-state index in [1.807, 2.05) is 77.7 Å². The molecule has 2 heterocycles. The minimum Gasteiger partial charge on any atom is -0.481 e. The summed E-state index contributed by atoms with van der Waals surface area (Å²) in [5.74, 6) is -0.811. The van der Waals surface area contributed by atoms with Crippen molar-refractivity contribution in [2.75, 3.05) is 31.1 Å². The first-order valence-corrected chi connectivity index (χ1v) is 13.2. The van der Waals surface area contributed by atoms with Crippen molar-refractivity contribution in [2.24, 2.45) is 0 Å². The number of rotatable bonds is 8. The number of aryl methyl sites for hydroxylation is 1. The molecular weight excluding hydrogens is 500 g/mol. The minimum atomic E-state index is -0.796. The number of benzene rings is 3. The van der Waals surface area contributed by atoms with Gasteiger partial charge in [0, 0.05) is 54.4 Å². The van der Waals surface area contributed by atoms with Crippen LogP contribution < -0.4 is 4.90 Å². The van der Waals surface area contributed by atoms with E-state index in [1.165, 1.54) is 0 Å². The first-order chi connectivity index (χ1) is 18.5. The summed E-state index contributed by atoms with van der Waals surface area (Å²) in [7, 11) is 0. The highest BCUT2D eigenvalue weighted by molar-refractivity contribution is 6.30. The molecule has 1 aliphatic heterocycles. The molecule has 0 atom stereocenters. The average Bonchev–Trinajstić information content (AvgIpc) is 2.95. The van der Waals surface area contributed by atoms with Crippen LogP contribution in [0.15, 0.2) is 72.8 Å². The molecule has 4 aromatic rings. The van der Waals surface area contributed by atoms with Crippen molar-refractivity contribution in [3.63, 3.8) is 0 Å². The van der Waals surface area contributed by atoms with E-state index < -0.39 is 5.97 Å². The second kappa shape index (κ2) is 11.6. The fraction of sp³-hybridized carbons (Fsp3) is 0.267. The van der Waals surface area contributed by atoms with E-state index in [2.05, 4.69) is 4.90 Å². The normalized spacial score (nSPS) is 13.6. The molecule has 1 fully saturated rings. The van der Waals surface area contributed by atoms with Crippen LogP contribution in [0.5, 0.6) is 0 Å². The second-order valence-electron chi connectivity index (χ2n) is 9.44. The van der Waals surface area contributed by atoms with E-state index in [-0.39, 0.29) is 12.3 Å². The van der Waals surface area contributed by atoms with Crippen molar-refractivity contribution in [1.82, 2.24) is 14.9 Å². The maximum Gasteiger partial charge on any atom is 0.303 e. The Balaban J connectivity index is 1.35. The highest BCUT2D eigenvalue weighted by Crippen LogP contribution is 2.26. The van der Waals surface area contributed by atoms with Gasteiger partial charge in [-0.15, -0.1) is 0 Å². The number of amides is 1. The molecule has 0 bridgehead atoms. The van der Waals surface area contributed by atoms with Gasteiger partial charge in [0.25, 0.3) is 5.91 Å². The van der Waals surface area contributed by atoms with Crippen LogP contribution >= 0.6 is 11.6 Å². The number of aliphatic carboxylic acids is 1. The molecule has 1 N–H and O–H groups in total. The van der Waals surface area contributed by atoms with E-state index in [0.717, 1.165) is 41.2 Å². The number of carboxylic acid groups (broad SMARTS) is 1. The molecule has 1 aliphatic rings. The van der Waals surface area contributed by atoms with Crippen LogP contribution in [0.25, 0.3) is 22.3 Å². The summed E-state index contributed by atoms with van der Waals surface area (Å²) in [5.41, 5.74) is 5.67. The lowest BCUT2D eigenvalue weighted by atomic mass is 10.0. The van der Waals surface area contributed by atoms with Gasteiger partial charge in [-0.3, -0.25) is 9.59 Å². The number of piperazine rings is 1. The first kappa shape index (κ1) is 25.7. The largest absolute Gasteiger partial charge is 0.481 e. The summed E-state index contributed by atoms with van der Waals surface area (Å²) in [6.07, 6.45) is 2.02. The Morgan fingerprint density at radius 3 is 2.29 bits per heavy atom. The molecule has 1 saturated heterocycles. The highest BCUT2D eigenvalue weighted by atomic mass is 35.5. The molecule has 0 aliphatic carbocycles. The molecule has 5 rings (SSSR count). The molecule has 0 radical (unpaired) electrons. The van der Waals surface area contributed by atoms with E-state index in [1.54, 1.807) is 0 Å². The van der Waals surface area contributed by atoms with Crippen molar-refractivity contribution in [3.05, 3.63) is 89.1 Å². The zero-order valence-corrected chi connectivity index (χ0v) is 21.8. The SMILES string of the molecule is O=C(O)CCCCc1nc2cc(C(=O)N3CCN(c4ccc(Cl)cc4)CC3)ccc2nc1-c1ccccc1. The van der Waals surface area contributed by atoms with Crippen molar-refractivity contribution in [3.8, 4) is 11.3 Å². The third-order valence-corrected chi connectivity index (χ3v) is 7.10. The average molecular weight is 529 g/mol. The third kappa shape index (κ3) is 5.94. The van der Waals surface area contributed by atoms with Crippen molar-refractivity contribution in [2.45, 2.75) is 25.7 Å². The lowest BCUT2D eigenvalue weighted by molar-refractivity contribution is -0.137. The zero-order chi connectivity index (χ0) is 26.5. The van der Waals surface area contributed by atoms with Crippen molar-refractivity contribution < 1.29 is 14.7 Å². The predicted octanol–water partition coefficient (Wildman–Crippen LogP) is 5.71. The number of halogens is 1. The van der Waals surface area contributed by atoms with Gasteiger partial charge in [0.15, 0.2) is 0 Å². The first-order valence-electron chi connectivity index (χ1n) is 12.9. The van der Waals surface area contributed by atoms with Gasteiger partial charge in [-0.25, -0.2) is 9.97 Å². The molecule has 0 unspecified atom stereocenters. The number of anilines is 1.